The van der Waals surface area contributed by atoms with E-state index in [0.717, 1.165) is 104 Å². The van der Waals surface area contributed by atoms with Gasteiger partial charge in [0.05, 0.1) is 99.5 Å². The van der Waals surface area contributed by atoms with Crippen molar-refractivity contribution in [1.29, 1.82) is 0 Å². The van der Waals surface area contributed by atoms with Crippen LogP contribution in [-0.4, -0.2) is 139 Å². The Morgan fingerprint density at radius 1 is 0.347 bits per heavy atom. The summed E-state index contributed by atoms with van der Waals surface area (Å²) >= 11 is 74.2. The van der Waals surface area contributed by atoms with Crippen LogP contribution in [0.2, 0.25) is 60.3 Å². The topological polar surface area (TPSA) is 353 Å². The predicted molar refractivity (Wildman–Crippen MR) is 589 cm³/mol. The smallest absolute Gasteiger partial charge is 0.359 e. The zero-order valence-corrected chi connectivity index (χ0v) is 91.7. The van der Waals surface area contributed by atoms with Gasteiger partial charge in [0, 0.05) is 115 Å². The van der Waals surface area contributed by atoms with Crippen LogP contribution in [0.4, 0.5) is 0 Å². The first-order chi connectivity index (χ1) is 70.5. The van der Waals surface area contributed by atoms with E-state index in [1.807, 2.05) is 62.4 Å². The van der Waals surface area contributed by atoms with Crippen molar-refractivity contribution in [2.75, 3.05) is 47.0 Å². The third-order valence-electron chi connectivity index (χ3n) is 24.0. The van der Waals surface area contributed by atoms with Crippen LogP contribution in [0.1, 0.15) is 226 Å². The number of primary amides is 1. The zero-order chi connectivity index (χ0) is 107. The molecule has 8 N–H and O–H groups in total. The monoisotopic (exact) mass is 2230 g/mol. The average molecular weight is 2240 g/mol. The van der Waals surface area contributed by atoms with Gasteiger partial charge in [-0.2, -0.15) is 20.4 Å². The fourth-order valence-corrected chi connectivity index (χ4v) is 18.9. The number of hydrogen-bond acceptors (Lipinski definition) is 17. The average Bonchev–Trinajstić information content (AvgIpc) is 1.64. The molecule has 12 aromatic rings. The van der Waals surface area contributed by atoms with E-state index in [4.69, 9.17) is 165 Å². The van der Waals surface area contributed by atoms with Crippen molar-refractivity contribution in [2.24, 2.45) is 11.5 Å². The lowest BCUT2D eigenvalue weighted by Gasteiger charge is -2.20. The fraction of sp³-hybridized carbons (Fsp3) is 0.330. The third kappa shape index (κ3) is 33.2. The van der Waals surface area contributed by atoms with E-state index in [0.29, 0.717) is 160 Å². The third-order valence-corrected chi connectivity index (χ3v) is 27.2. The number of esters is 1. The molecule has 4 heterocycles. The quantitative estimate of drug-likeness (QED) is 0.0117. The summed E-state index contributed by atoms with van der Waals surface area (Å²) in [4.78, 5) is 112. The van der Waals surface area contributed by atoms with Crippen LogP contribution in [-0.2, 0) is 38.2 Å². The lowest BCUT2D eigenvalue weighted by Crippen LogP contribution is -2.40. The maximum Gasteiger partial charge on any atom is 0.359 e. The number of Topliss-reactive ketones (excluding diaryl/α,β-unsaturated/α-hetero) is 2. The molecule has 0 bridgehead atoms. The number of benzene rings is 8. The number of nitrogens with one attached hydrogen (secondary N) is 4. The van der Waals surface area contributed by atoms with Crippen molar-refractivity contribution >= 4 is 192 Å². The largest absolute Gasteiger partial charge is 0.489 e. The Labute approximate surface area is 915 Å². The molecule has 0 aliphatic heterocycles. The van der Waals surface area contributed by atoms with Crippen molar-refractivity contribution in [3.63, 3.8) is 0 Å². The van der Waals surface area contributed by atoms with E-state index >= 15 is 0 Å². The Morgan fingerprint density at radius 3 is 0.966 bits per heavy atom. The molecule has 1 aliphatic rings. The van der Waals surface area contributed by atoms with E-state index in [9.17, 15) is 43.2 Å². The van der Waals surface area contributed by atoms with E-state index in [1.165, 1.54) is 78.4 Å². The van der Waals surface area contributed by atoms with Crippen LogP contribution in [0.15, 0.2) is 193 Å². The molecule has 13 rings (SSSR count). The summed E-state index contributed by atoms with van der Waals surface area (Å²) in [5.74, 6) is -4.00. The number of ketones is 2. The molecule has 1 aliphatic carbocycles. The SMILES string of the molecule is CCCCCCCCCCCCCCCC(=O)NC(=O)CNC(=O)c1nn(-c2ccc(Cl)cc2Cl)c(-c2ccc(Cl)cc2)c1C.COC1=C(OC)C(=O)C(CCCCCCCCCCOC(=O)c2nn(-c3ccc(Cl)cc3Cl)c(-c3ccc(Cl)cc3)c2C)=C(C)C1=O.Cc1c(C(=O)NCC(N)=O)nn(-c2ccc(Cl)cc2Cl)c1-c1ccc(Cl)cc1.Cc1c(C(=O)NCCN)nn(-c2ccc(Cl)cc2Cl)c1-c1ccc(Cl)cc1. The number of amides is 6. The van der Waals surface area contributed by atoms with Gasteiger partial charge >= 0.3 is 5.97 Å². The van der Waals surface area contributed by atoms with Gasteiger partial charge in [-0.15, -0.1) is 0 Å². The van der Waals surface area contributed by atoms with Crippen LogP contribution < -0.4 is 32.7 Å². The first-order valence-electron chi connectivity index (χ1n) is 48.2. The van der Waals surface area contributed by atoms with Crippen molar-refractivity contribution in [1.82, 2.24) is 60.4 Å². The number of nitrogens with zero attached hydrogens (tertiary/aromatic N) is 8. The van der Waals surface area contributed by atoms with Gasteiger partial charge in [-0.05, 0) is 182 Å². The maximum absolute atomic E-state index is 13.2. The zero-order valence-electron chi connectivity index (χ0n) is 82.6. The molecule has 0 saturated heterocycles. The Kier molecular flexibility index (Phi) is 47.1. The summed E-state index contributed by atoms with van der Waals surface area (Å²) in [6.45, 7) is 11.5. The lowest BCUT2D eigenvalue weighted by molar-refractivity contribution is -0.130. The van der Waals surface area contributed by atoms with Crippen molar-refractivity contribution < 1.29 is 57.4 Å². The van der Waals surface area contributed by atoms with E-state index < -0.39 is 29.6 Å². The Morgan fingerprint density at radius 2 is 0.639 bits per heavy atom. The second-order valence-electron chi connectivity index (χ2n) is 34.7. The van der Waals surface area contributed by atoms with E-state index in [-0.39, 0.29) is 71.5 Å². The Hall–Kier alpha value is -11.1. The van der Waals surface area contributed by atoms with Gasteiger partial charge in [0.1, 0.15) is 0 Å². The van der Waals surface area contributed by atoms with Crippen LogP contribution in [0.5, 0.6) is 0 Å². The van der Waals surface area contributed by atoms with Gasteiger partial charge in [-0.25, -0.2) is 23.5 Å². The van der Waals surface area contributed by atoms with Crippen LogP contribution in [0.3, 0.4) is 0 Å². The molecule has 6 amide bonds. The number of hydrogen-bond donors (Lipinski definition) is 6. The number of imide groups is 1. The normalized spacial score (nSPS) is 11.7. The summed E-state index contributed by atoms with van der Waals surface area (Å²) in [6, 6.07) is 49.1. The summed E-state index contributed by atoms with van der Waals surface area (Å²) < 4.78 is 22.3. The number of carbonyl (C=O) groups is 9. The molecule has 4 aromatic heterocycles. The number of carbonyl (C=O) groups excluding carboxylic acids is 9. The lowest BCUT2D eigenvalue weighted by atomic mass is 9.89. The standard InChI is InChI=1S/C36H39Cl3N2O6.C35H45Cl3N4O3.C19H15Cl3N4O2.C19H17Cl3N4O/c1-22-27(33(43)35(46-4)34(45-3)32(22)42)13-11-9-7-5-6-8-10-12-20-47-36(44)30-23(2)31(24-14-16-25(37)17-15-24)41(40-30)29-19-18-26(38)21-28(29)39;1-3-4-5-6-7-8-9-10-11-12-13-14-15-16-31(43)40-32(44)24-39-35(45)33-25(2)34(26-17-19-27(36)20-18-26)42(41-33)30-22-21-28(37)23-29(30)38;1-10-17(19(28)24-9-16(23)27)25-26(15-7-6-13(21)8-14(15)22)18(10)11-2-4-12(20)5-3-11;1-11-17(19(27)24-9-8-23)25-26(16-7-6-14(21)10-15(16)22)18(11)12-2-4-13(20)5-3-12/h14-19,21H,5-13,20H2,1-4H3;17-23H,3-16,24H2,1-2H3,(H,39,45)(H,40,43,44);2-8H,9H2,1H3,(H2,23,27)(H,24,28);2-7,10H,8-9,23H2,1H3,(H,24,27). The van der Waals surface area contributed by atoms with Crippen molar-refractivity contribution in [2.45, 2.75) is 189 Å². The number of aromatic nitrogens is 8. The highest BCUT2D eigenvalue weighted by Crippen LogP contribution is 2.41. The fourth-order valence-electron chi connectivity index (χ4n) is 16.4. The number of nitrogens with two attached hydrogens (primary N) is 2. The van der Waals surface area contributed by atoms with Gasteiger partial charge in [0.25, 0.3) is 17.7 Å². The van der Waals surface area contributed by atoms with Crippen molar-refractivity contribution in [3.8, 4) is 67.8 Å². The molecule has 8 aromatic carbocycles. The molecule has 0 radical (unpaired) electrons. The highest BCUT2D eigenvalue weighted by Gasteiger charge is 2.36. The minimum Gasteiger partial charge on any atom is -0.489 e. The molecule has 778 valence electrons. The molecule has 0 fully saturated rings. The molecule has 38 heteroatoms. The number of rotatable bonds is 45. The maximum atomic E-state index is 13.2. The van der Waals surface area contributed by atoms with Crippen LogP contribution in [0, 0.1) is 27.7 Å². The number of unbranched alkanes of at least 4 members (excludes halogenated alkanes) is 19. The first kappa shape index (κ1) is 118. The van der Waals surface area contributed by atoms with Crippen LogP contribution >= 0.6 is 139 Å². The highest BCUT2D eigenvalue weighted by atomic mass is 35.5. The first-order valence-corrected chi connectivity index (χ1v) is 52.7. The van der Waals surface area contributed by atoms with Crippen molar-refractivity contribution in [3.05, 3.63) is 298 Å². The highest BCUT2D eigenvalue weighted by molar-refractivity contribution is 6.38. The van der Waals surface area contributed by atoms with E-state index in [2.05, 4.69) is 48.6 Å². The van der Waals surface area contributed by atoms with Crippen LogP contribution in [0.25, 0.3) is 67.8 Å². The summed E-state index contributed by atoms with van der Waals surface area (Å²) in [6.07, 6.45) is 24.4. The van der Waals surface area contributed by atoms with Gasteiger partial charge in [-0.3, -0.25) is 43.7 Å². The molecule has 0 saturated carbocycles. The second-order valence-corrected chi connectivity index (χ2v) is 39.8. The van der Waals surface area contributed by atoms with Gasteiger partial charge in [-0.1, -0.05) is 310 Å². The number of allylic oxidation sites excluding steroid dienone is 2. The molecule has 0 spiro atoms. The summed E-state index contributed by atoms with van der Waals surface area (Å²) in [5.41, 5.74) is 23.2. The number of ether oxygens (including phenoxy) is 3. The van der Waals surface area contributed by atoms with Gasteiger partial charge in [0.2, 0.25) is 40.8 Å². The predicted octanol–water partition coefficient (Wildman–Crippen LogP) is 27.6. The number of halogens is 12. The molecular weight excluding hydrogens is 2120 g/mol. The molecule has 147 heavy (non-hydrogen) atoms. The minimum atomic E-state index is -0.649. The number of methoxy groups -OCH3 is 2. The summed E-state index contributed by atoms with van der Waals surface area (Å²) in [5, 5.41) is 34.2. The molecule has 0 unspecified atom stereocenters. The Bertz CT molecular complexity index is 6720. The minimum absolute atomic E-state index is 0.0147. The second kappa shape index (κ2) is 58.8. The molecule has 0 atom stereocenters. The van der Waals surface area contributed by atoms with E-state index in [1.54, 1.807) is 161 Å². The van der Waals surface area contributed by atoms with Gasteiger partial charge < -0.3 is 41.6 Å². The summed E-state index contributed by atoms with van der Waals surface area (Å²) in [7, 11) is 2.73. The molecule has 26 nitrogen and oxygen atoms in total. The molecular formula is C109H116Cl12N14O12. The van der Waals surface area contributed by atoms with Gasteiger partial charge in [0.15, 0.2) is 22.8 Å². The Balaban J connectivity index is 0.000000206.